The first-order chi connectivity index (χ1) is 38.4. The van der Waals surface area contributed by atoms with Crippen LogP contribution in [0.25, 0.3) is 20.2 Å². The molecule has 0 atom stereocenters. The van der Waals surface area contributed by atoms with Crippen molar-refractivity contribution in [1.82, 2.24) is 39.9 Å². The van der Waals surface area contributed by atoms with E-state index in [9.17, 15) is 38.4 Å². The van der Waals surface area contributed by atoms with Crippen molar-refractivity contribution in [2.45, 2.75) is 122 Å². The van der Waals surface area contributed by atoms with E-state index < -0.39 is 25.4 Å². The maximum absolute atomic E-state index is 13.7. The highest BCUT2D eigenvalue weighted by Crippen LogP contribution is 2.40. The second kappa shape index (κ2) is 29.3. The van der Waals surface area contributed by atoms with Gasteiger partial charge in [0, 0.05) is 91.8 Å². The summed E-state index contributed by atoms with van der Waals surface area (Å²) < 4.78 is 9.31. The second-order valence-corrected chi connectivity index (χ2v) is 25.0. The topological polar surface area (TPSA) is 256 Å². The number of likely N-dealkylation sites (tertiary alicyclic amines) is 2. The number of amides is 9. The number of hydrogen-bond donors (Lipinski definition) is 6. The largest absolute Gasteiger partial charge is 0.466 e. The molecule has 6 N–H and O–H groups in total. The number of amidine groups is 2. The van der Waals surface area contributed by atoms with E-state index in [4.69, 9.17) is 9.73 Å². The minimum Gasteiger partial charge on any atom is -0.466 e. The maximum Gasteiger partial charge on any atom is 0.365 e. The van der Waals surface area contributed by atoms with Crippen LogP contribution >= 0.6 is 22.7 Å². The molecule has 80 heavy (non-hydrogen) atoms. The van der Waals surface area contributed by atoms with Crippen LogP contribution in [0.1, 0.15) is 121 Å². The molecule has 6 heterocycles. The van der Waals surface area contributed by atoms with Gasteiger partial charge in [-0.3, -0.25) is 49.4 Å². The molecular weight excluding hydrogens is 1080 g/mol. The number of carbonyl (C=O) groups is 8. The van der Waals surface area contributed by atoms with Crippen molar-refractivity contribution in [1.29, 1.82) is 0 Å². The number of piperidine rings is 2. The van der Waals surface area contributed by atoms with Crippen LogP contribution in [0.3, 0.4) is 0 Å². The number of thiophene rings is 2. The van der Waals surface area contributed by atoms with E-state index in [1.807, 2.05) is 76.2 Å². The fourth-order valence-corrected chi connectivity index (χ4v) is 13.9. The number of ether oxygens (including phenoxy) is 1. The third kappa shape index (κ3) is 15.3. The first kappa shape index (κ1) is 62.7. The Morgan fingerprint density at radius 3 is 1.40 bits per heavy atom. The smallest absolute Gasteiger partial charge is 0.365 e. The fourth-order valence-electron chi connectivity index (χ4n) is 10.2. The van der Waals surface area contributed by atoms with Gasteiger partial charge in [0.1, 0.15) is 32.8 Å². The molecule has 0 aliphatic carbocycles. The third-order valence-corrected chi connectivity index (χ3v) is 19.0. The minimum absolute atomic E-state index is 0.0448. The number of urea groups is 2. The summed E-state index contributed by atoms with van der Waals surface area (Å²) in [5.41, 5.74) is -0.886. The summed E-state index contributed by atoms with van der Waals surface area (Å²) in [6.07, 6.45) is 2.72. The molecule has 4 aliphatic heterocycles. The van der Waals surface area contributed by atoms with E-state index in [-0.39, 0.29) is 54.0 Å². The van der Waals surface area contributed by atoms with Crippen molar-refractivity contribution in [3.05, 3.63) is 59.7 Å². The highest BCUT2D eigenvalue weighted by atomic mass is 32.1. The van der Waals surface area contributed by atoms with E-state index >= 15 is 0 Å². The van der Waals surface area contributed by atoms with Gasteiger partial charge in [-0.2, -0.15) is 0 Å². The standard InChI is InChI=1S/C26H34N6O4S.C24H29N5O5S.C4H10N.2CH3.Al/c1-4-27-25(36)29-22-21(17-9-7-8-10-18(17)37-22)23(34)32-15-13-26(14-16-32)24(35)28-19(30-26)11-12-20(33)31(5-2)6-3;1-3-25-23(33)27-20-19(15-7-5-6-8-16(15)35-20)21(31)29-13-11-24(12-14-29)22(32)26-17(28-24)9-10-18(30)34-4-2;1-3-5-4-2;;;/h7-10H,4-6,11-16H2,1-3H3,(H2,27,29,36)(H,28,30,35);5-8H,3-4,9-14H2,1-2H3,(H2,25,27,33)(H,26,28,32);3-4H2,1-2H3;2*1H3;/q;;-1;;;+1. The van der Waals surface area contributed by atoms with Crippen molar-refractivity contribution in [2.75, 3.05) is 82.7 Å². The SMILES string of the molecule is CCNC(=O)Nc1sc2ccccc2c1C(=O)N1CCC2(CC1)N=C(CCC(=O)N(CC)CC)NC2=O.CCNC(=O)Nc1sc2ccccc2c1C(=O)N1CCC2(CC1)N=C(CCC(=O)OCC)NC2=O.CC[N](CC)[Al]([CH3])[CH3]. The van der Waals surface area contributed by atoms with Gasteiger partial charge in [-0.25, -0.2) is 9.59 Å². The van der Waals surface area contributed by atoms with Gasteiger partial charge >= 0.3 is 32.4 Å². The lowest BCUT2D eigenvalue weighted by atomic mass is 9.87. The van der Waals surface area contributed by atoms with Gasteiger partial charge in [0.2, 0.25) is 5.91 Å². The molecule has 21 nitrogen and oxygen atoms in total. The second-order valence-electron chi connectivity index (χ2n) is 19.9. The number of benzene rings is 2. The lowest BCUT2D eigenvalue weighted by molar-refractivity contribution is -0.143. The molecule has 4 aromatic rings. The summed E-state index contributed by atoms with van der Waals surface area (Å²) in [5, 5.41) is 19.3. The number of aliphatic imine (C=N–C) groups is 2. The van der Waals surface area contributed by atoms with Gasteiger partial charge in [-0.15, -0.1) is 22.7 Å². The monoisotopic (exact) mass is 1150 g/mol. The Morgan fingerprint density at radius 2 is 1.04 bits per heavy atom. The summed E-state index contributed by atoms with van der Waals surface area (Å²) in [5.74, 6) is 4.77. The summed E-state index contributed by atoms with van der Waals surface area (Å²) >= 11 is 2.27. The summed E-state index contributed by atoms with van der Waals surface area (Å²) in [7, 11) is 0. The van der Waals surface area contributed by atoms with Crippen LogP contribution in [0.4, 0.5) is 19.6 Å². The highest BCUT2D eigenvalue weighted by molar-refractivity contribution is 7.24. The Bertz CT molecular complexity index is 2940. The molecule has 2 aromatic carbocycles. The van der Waals surface area contributed by atoms with Crippen molar-refractivity contribution < 1.29 is 43.1 Å². The Kier molecular flexibility index (Phi) is 23.0. The zero-order chi connectivity index (χ0) is 58.1. The number of esters is 1. The normalized spacial score (nSPS) is 15.9. The van der Waals surface area contributed by atoms with Crippen LogP contribution in [0.5, 0.6) is 0 Å². The maximum atomic E-state index is 13.7. The minimum atomic E-state index is -0.917. The van der Waals surface area contributed by atoms with Gasteiger partial charge in [0.25, 0.3) is 23.6 Å². The Morgan fingerprint density at radius 1 is 0.625 bits per heavy atom. The number of hydrogen-bond acceptors (Lipinski definition) is 14. The van der Waals surface area contributed by atoms with Crippen LogP contribution in [-0.2, 0) is 23.9 Å². The van der Waals surface area contributed by atoms with Gasteiger partial charge in [-0.1, -0.05) is 61.8 Å². The van der Waals surface area contributed by atoms with E-state index in [2.05, 4.69) is 66.2 Å². The molecular formula is C56H79AlN12O9S2. The molecule has 0 saturated carbocycles. The molecule has 4 aliphatic rings. The molecule has 2 aromatic heterocycles. The average molecular weight is 1160 g/mol. The van der Waals surface area contributed by atoms with E-state index in [0.29, 0.717) is 137 Å². The quantitative estimate of drug-likeness (QED) is 0.0419. The lowest BCUT2D eigenvalue weighted by Crippen LogP contribution is -2.50. The Balaban J connectivity index is 0.000000227. The summed E-state index contributed by atoms with van der Waals surface area (Å²) in [4.78, 5) is 116. The number of nitrogens with zero attached hydrogens (tertiary/aromatic N) is 6. The zero-order valence-corrected chi connectivity index (χ0v) is 50.6. The fraction of sp³-hybridized carbons (Fsp3) is 0.536. The number of rotatable bonds is 18. The van der Waals surface area contributed by atoms with Crippen LogP contribution < -0.4 is 31.9 Å². The van der Waals surface area contributed by atoms with Gasteiger partial charge in [0.05, 0.1) is 24.2 Å². The molecule has 0 bridgehead atoms. The van der Waals surface area contributed by atoms with Crippen molar-refractivity contribution in [3.8, 4) is 0 Å². The number of fused-ring (bicyclic) bond motifs is 2. The molecule has 432 valence electrons. The van der Waals surface area contributed by atoms with Crippen molar-refractivity contribution in [2.24, 2.45) is 9.98 Å². The number of nitrogens with one attached hydrogen (secondary N) is 6. The Labute approximate surface area is 481 Å². The number of carbonyl (C=O) groups excluding carboxylic acids is 8. The molecule has 0 radical (unpaired) electrons. The first-order valence-corrected chi connectivity index (χ1v) is 32.5. The summed E-state index contributed by atoms with van der Waals surface area (Å²) in [6, 6.07) is 14.4. The van der Waals surface area contributed by atoms with Gasteiger partial charge in [0.15, 0.2) is 0 Å². The molecule has 24 heteroatoms. The number of anilines is 2. The van der Waals surface area contributed by atoms with Crippen molar-refractivity contribution >= 4 is 126 Å². The Hall–Kier alpha value is -6.45. The molecule has 8 rings (SSSR count). The van der Waals surface area contributed by atoms with Crippen LogP contribution in [0.2, 0.25) is 11.6 Å². The van der Waals surface area contributed by atoms with Gasteiger partial charge in [-0.05, 0) is 85.5 Å². The average Bonchev–Trinajstić information content (AvgIpc) is 4.31. The molecule has 2 spiro atoms. The van der Waals surface area contributed by atoms with Crippen LogP contribution in [0.15, 0.2) is 58.5 Å². The van der Waals surface area contributed by atoms with E-state index in [0.717, 1.165) is 20.2 Å². The van der Waals surface area contributed by atoms with Crippen LogP contribution in [0, 0.1) is 0 Å². The predicted molar refractivity (Wildman–Crippen MR) is 319 cm³/mol. The van der Waals surface area contributed by atoms with Gasteiger partial charge < -0.3 is 44.6 Å². The first-order valence-electron chi connectivity index (χ1n) is 28.1. The lowest BCUT2D eigenvalue weighted by Gasteiger charge is -2.35. The molecule has 2 saturated heterocycles. The zero-order valence-electron chi connectivity index (χ0n) is 47.8. The van der Waals surface area contributed by atoms with Crippen LogP contribution in [-0.4, -0.2) is 175 Å². The third-order valence-electron chi connectivity index (χ3n) is 14.7. The molecule has 2 fully saturated rings. The van der Waals surface area contributed by atoms with E-state index in [1.54, 1.807) is 21.6 Å². The summed E-state index contributed by atoms with van der Waals surface area (Å²) in [6.45, 7) is 20.2. The van der Waals surface area contributed by atoms with Crippen molar-refractivity contribution in [3.63, 3.8) is 0 Å². The molecule has 9 amide bonds. The predicted octanol–water partition coefficient (Wildman–Crippen LogP) is 7.66. The van der Waals surface area contributed by atoms with E-state index in [1.165, 1.54) is 35.8 Å². The highest BCUT2D eigenvalue weighted by Gasteiger charge is 2.48. The molecule has 0 unspecified atom stereocenters.